The number of aliphatic hydroxyl groups excluding tert-OH is 3. The van der Waals surface area contributed by atoms with Crippen molar-refractivity contribution in [3.05, 3.63) is 72.9 Å². The number of carbonyl (C=O) groups is 1. The molecule has 3 N–H and O–H groups in total. The third kappa shape index (κ3) is 17.0. The Balaban J connectivity index is 4.06. The van der Waals surface area contributed by atoms with Crippen LogP contribution in [0.25, 0.3) is 0 Å². The zero-order valence-corrected chi connectivity index (χ0v) is 15.9. The smallest absolute Gasteiger partial charge is 0.0986 e. The summed E-state index contributed by atoms with van der Waals surface area (Å²) < 4.78 is 0. The minimum atomic E-state index is -1.11. The maximum atomic E-state index is 10.2. The van der Waals surface area contributed by atoms with Crippen molar-refractivity contribution in [3.63, 3.8) is 0 Å². The summed E-state index contributed by atoms with van der Waals surface area (Å²) in [6, 6.07) is 0. The molecule has 0 heterocycles. The van der Waals surface area contributed by atoms with Crippen molar-refractivity contribution in [3.8, 4) is 0 Å². The lowest BCUT2D eigenvalue weighted by molar-refractivity contribution is -0.305. The second-order valence-corrected chi connectivity index (χ2v) is 5.90. The molecular weight excluding hydrogens is 344 g/mol. The molecular formula is C22H31O5-. The molecule has 0 rings (SSSR count). The van der Waals surface area contributed by atoms with E-state index >= 15 is 0 Å². The number of hydrogen-bond donors (Lipinski definition) is 3. The van der Waals surface area contributed by atoms with Crippen LogP contribution in [0.2, 0.25) is 0 Å². The Morgan fingerprint density at radius 1 is 0.852 bits per heavy atom. The number of aliphatic carboxylic acids is 1. The fourth-order valence-corrected chi connectivity index (χ4v) is 1.93. The van der Waals surface area contributed by atoms with E-state index in [4.69, 9.17) is 0 Å². The Morgan fingerprint density at radius 3 is 2.07 bits per heavy atom. The van der Waals surface area contributed by atoms with Gasteiger partial charge in [-0.25, -0.2) is 0 Å². The highest BCUT2D eigenvalue weighted by Gasteiger charge is 2.10. The van der Waals surface area contributed by atoms with Crippen molar-refractivity contribution in [1.29, 1.82) is 0 Å². The van der Waals surface area contributed by atoms with Crippen molar-refractivity contribution >= 4 is 5.97 Å². The Kier molecular flexibility index (Phi) is 15.8. The first-order valence-electron chi connectivity index (χ1n) is 9.19. The van der Waals surface area contributed by atoms with Crippen LogP contribution in [0.1, 0.15) is 39.0 Å². The van der Waals surface area contributed by atoms with E-state index in [1.807, 2.05) is 19.1 Å². The number of hydrogen-bond acceptors (Lipinski definition) is 5. The average Bonchev–Trinajstić information content (AvgIpc) is 2.63. The predicted octanol–water partition coefficient (Wildman–Crippen LogP) is 2.13. The lowest BCUT2D eigenvalue weighted by atomic mass is 10.1. The van der Waals surface area contributed by atoms with Gasteiger partial charge in [0, 0.05) is 5.97 Å². The highest BCUT2D eigenvalue weighted by Crippen LogP contribution is 2.03. The molecule has 0 bridgehead atoms. The molecule has 0 aliphatic heterocycles. The topological polar surface area (TPSA) is 101 Å². The van der Waals surface area contributed by atoms with Crippen LogP contribution in [-0.2, 0) is 4.79 Å². The molecule has 5 nitrogen and oxygen atoms in total. The standard InChI is InChI=1S/C22H32O5/c1-2-3-9-14-19(23)15-10-6-4-5-7-11-16-20(24)21(25)17-12-8-13-18-22(26)27/h3-12,15-16,19-21,23-25H,2,13-14,17-18H2,1H3,(H,26,27)/p-1/b6-4-,7-5+,9-3-,12-8-,15-10+,16-11+/t19-,20-,21+/m1/s1. The second kappa shape index (κ2) is 17.2. The first-order chi connectivity index (χ1) is 13.0. The van der Waals surface area contributed by atoms with Gasteiger partial charge in [0.1, 0.15) is 0 Å². The van der Waals surface area contributed by atoms with Crippen molar-refractivity contribution in [2.45, 2.75) is 57.3 Å². The predicted molar refractivity (Wildman–Crippen MR) is 107 cm³/mol. The molecule has 0 unspecified atom stereocenters. The first kappa shape index (κ1) is 24.8. The molecule has 0 aromatic carbocycles. The van der Waals surface area contributed by atoms with Gasteiger partial charge < -0.3 is 25.2 Å². The van der Waals surface area contributed by atoms with Crippen molar-refractivity contribution in [1.82, 2.24) is 0 Å². The Bertz CT molecular complexity index is 555. The number of aliphatic hydroxyl groups is 3. The second-order valence-electron chi connectivity index (χ2n) is 5.90. The summed E-state index contributed by atoms with van der Waals surface area (Å²) >= 11 is 0. The molecule has 27 heavy (non-hydrogen) atoms. The van der Waals surface area contributed by atoms with Gasteiger partial charge in [-0.2, -0.15) is 0 Å². The largest absolute Gasteiger partial charge is 0.550 e. The van der Waals surface area contributed by atoms with E-state index in [1.54, 1.807) is 54.7 Å². The van der Waals surface area contributed by atoms with Gasteiger partial charge in [-0.1, -0.05) is 79.8 Å². The van der Waals surface area contributed by atoms with Crippen LogP contribution in [0.15, 0.2) is 72.9 Å². The number of allylic oxidation sites excluding steroid dienone is 8. The summed E-state index contributed by atoms with van der Waals surface area (Å²) in [4.78, 5) is 10.2. The lowest BCUT2D eigenvalue weighted by Crippen LogP contribution is -2.22. The van der Waals surface area contributed by atoms with E-state index in [2.05, 4.69) is 0 Å². The molecule has 0 fully saturated rings. The maximum Gasteiger partial charge on any atom is 0.0986 e. The first-order valence-corrected chi connectivity index (χ1v) is 9.19. The van der Waals surface area contributed by atoms with Crippen molar-refractivity contribution in [2.75, 3.05) is 0 Å². The third-order valence-electron chi connectivity index (χ3n) is 3.43. The van der Waals surface area contributed by atoms with E-state index in [1.165, 1.54) is 6.08 Å². The maximum absolute atomic E-state index is 10.2. The average molecular weight is 375 g/mol. The molecule has 0 amide bonds. The van der Waals surface area contributed by atoms with E-state index < -0.39 is 24.3 Å². The summed E-state index contributed by atoms with van der Waals surface area (Å²) in [7, 11) is 0. The van der Waals surface area contributed by atoms with Crippen LogP contribution in [0.3, 0.4) is 0 Å². The van der Waals surface area contributed by atoms with Crippen LogP contribution in [0.4, 0.5) is 0 Å². The van der Waals surface area contributed by atoms with Crippen LogP contribution >= 0.6 is 0 Å². The molecule has 0 aromatic heterocycles. The summed E-state index contributed by atoms with van der Waals surface area (Å²) in [6.45, 7) is 2.04. The molecule has 0 saturated heterocycles. The number of carboxylic acid groups (broad SMARTS) is 1. The monoisotopic (exact) mass is 375 g/mol. The van der Waals surface area contributed by atoms with Gasteiger partial charge in [0.05, 0.1) is 18.3 Å². The minimum Gasteiger partial charge on any atom is -0.550 e. The van der Waals surface area contributed by atoms with Crippen LogP contribution < -0.4 is 5.11 Å². The highest BCUT2D eigenvalue weighted by atomic mass is 16.4. The number of carbonyl (C=O) groups excluding carboxylic acids is 1. The van der Waals surface area contributed by atoms with Gasteiger partial charge in [-0.05, 0) is 32.1 Å². The number of carboxylic acids is 1. The fourth-order valence-electron chi connectivity index (χ4n) is 1.93. The molecule has 0 aromatic rings. The Morgan fingerprint density at radius 2 is 1.44 bits per heavy atom. The summed E-state index contributed by atoms with van der Waals surface area (Å²) in [5.74, 6) is -1.11. The Labute approximate surface area is 162 Å². The van der Waals surface area contributed by atoms with Gasteiger partial charge in [-0.3, -0.25) is 0 Å². The van der Waals surface area contributed by atoms with Crippen LogP contribution in [0.5, 0.6) is 0 Å². The molecule has 0 aliphatic carbocycles. The van der Waals surface area contributed by atoms with E-state index in [-0.39, 0.29) is 12.8 Å². The summed E-state index contributed by atoms with van der Waals surface area (Å²) in [6.07, 6.45) is 20.5. The molecule has 0 saturated carbocycles. The van der Waals surface area contributed by atoms with E-state index in [0.29, 0.717) is 12.8 Å². The minimum absolute atomic E-state index is 0.0581. The van der Waals surface area contributed by atoms with Gasteiger partial charge in [0.15, 0.2) is 0 Å². The molecule has 5 heteroatoms. The third-order valence-corrected chi connectivity index (χ3v) is 3.43. The van der Waals surface area contributed by atoms with Gasteiger partial charge in [0.2, 0.25) is 0 Å². The molecule has 150 valence electrons. The van der Waals surface area contributed by atoms with Gasteiger partial charge >= 0.3 is 0 Å². The number of rotatable bonds is 14. The van der Waals surface area contributed by atoms with E-state index in [0.717, 1.165) is 6.42 Å². The highest BCUT2D eigenvalue weighted by molar-refractivity contribution is 5.64. The molecule has 0 spiro atoms. The zero-order valence-electron chi connectivity index (χ0n) is 15.9. The van der Waals surface area contributed by atoms with Crippen LogP contribution in [-0.4, -0.2) is 39.6 Å². The van der Waals surface area contributed by atoms with Crippen molar-refractivity contribution in [2.24, 2.45) is 0 Å². The van der Waals surface area contributed by atoms with Gasteiger partial charge in [-0.15, -0.1) is 0 Å². The van der Waals surface area contributed by atoms with E-state index in [9.17, 15) is 25.2 Å². The summed E-state index contributed by atoms with van der Waals surface area (Å²) in [5.41, 5.74) is 0. The lowest BCUT2D eigenvalue weighted by Gasteiger charge is -2.11. The van der Waals surface area contributed by atoms with Crippen LogP contribution in [0, 0.1) is 0 Å². The normalized spacial score (nSPS) is 16.6. The quantitative estimate of drug-likeness (QED) is 0.319. The zero-order chi connectivity index (χ0) is 20.3. The van der Waals surface area contributed by atoms with Gasteiger partial charge in [0.25, 0.3) is 0 Å². The Hall–Kier alpha value is -2.21. The van der Waals surface area contributed by atoms with Crippen molar-refractivity contribution < 1.29 is 25.2 Å². The molecule has 0 aliphatic rings. The molecule has 0 radical (unpaired) electrons. The fraction of sp³-hybridized carbons (Fsp3) is 0.409. The SMILES string of the molecule is CC/C=C\C[C@@H](O)/C=C/C=C\C=C\C=C\[C@@H](O)[C@@H](O)C/C=C\CCC(=O)[O-]. The molecule has 3 atom stereocenters. The summed E-state index contributed by atoms with van der Waals surface area (Å²) in [5, 5.41) is 39.5.